The number of aliphatic hydroxyl groups excluding tert-OH is 4. The second-order valence-electron chi connectivity index (χ2n) is 34.2. The molecule has 0 spiro atoms. The molecule has 33 heteroatoms. The van der Waals surface area contributed by atoms with Gasteiger partial charge in [0.15, 0.2) is 5.78 Å². The molecule has 0 saturated heterocycles. The number of ether oxygens (including phenoxy) is 6. The van der Waals surface area contributed by atoms with Gasteiger partial charge in [-0.25, -0.2) is 9.59 Å². The Morgan fingerprint density at radius 3 is 1.02 bits per heavy atom. The normalized spacial score (nSPS) is 16.4. The number of nitro groups is 2. The van der Waals surface area contributed by atoms with E-state index in [1.54, 1.807) is 97.1 Å². The number of hydrogen-bond donors (Lipinski definition) is 9. The van der Waals surface area contributed by atoms with Gasteiger partial charge < -0.3 is 77.1 Å². The molecule has 0 aromatic heterocycles. The van der Waals surface area contributed by atoms with Gasteiger partial charge in [-0.3, -0.25) is 49.0 Å². The number of aromatic carboxylic acids is 1. The predicted octanol–water partition coefficient (Wildman–Crippen LogP) is 17.5. The Labute approximate surface area is 889 Å². The molecule has 760 valence electrons. The summed E-state index contributed by atoms with van der Waals surface area (Å²) >= 11 is 14.7. The number of ketones is 2. The third-order valence-corrected chi connectivity index (χ3v) is 24.2. The summed E-state index contributed by atoms with van der Waals surface area (Å²) in [6, 6.07) is 94.8. The van der Waals surface area contributed by atoms with Crippen molar-refractivity contribution in [2.45, 2.75) is 172 Å². The largest absolute Gasteiger partial charge is 1.00 e. The van der Waals surface area contributed by atoms with Crippen LogP contribution in [0.3, 0.4) is 0 Å². The molecule has 0 heterocycles. The molecule has 4 saturated carbocycles. The third kappa shape index (κ3) is 36.2. The van der Waals surface area contributed by atoms with Gasteiger partial charge in [-0.2, -0.15) is 0 Å². The van der Waals surface area contributed by atoms with Gasteiger partial charge in [-0.15, -0.1) is 23.2 Å². The van der Waals surface area contributed by atoms with Crippen LogP contribution in [0.2, 0.25) is 0 Å². The van der Waals surface area contributed by atoms with Crippen LogP contribution >= 0.6 is 34.8 Å². The van der Waals surface area contributed by atoms with Crippen molar-refractivity contribution in [3.8, 4) is 23.0 Å². The molecule has 0 aliphatic heterocycles. The minimum absolute atomic E-state index is 0. The van der Waals surface area contributed by atoms with Gasteiger partial charge in [0.05, 0.1) is 87.6 Å². The van der Waals surface area contributed by atoms with Crippen LogP contribution in [0.4, 0.5) is 11.4 Å². The first-order valence-corrected chi connectivity index (χ1v) is 48.8. The molecule has 0 bridgehead atoms. The predicted molar refractivity (Wildman–Crippen MR) is 555 cm³/mol. The number of nitrogens with zero attached hydrogens (tertiary/aromatic N) is 2. The fraction of sp³-hybridized carbons (Fsp3) is 0.246. The van der Waals surface area contributed by atoms with Gasteiger partial charge >= 0.3 is 41.5 Å². The Balaban J connectivity index is 0.000000230. The van der Waals surface area contributed by atoms with Crippen LogP contribution in [-0.2, 0) is 55.7 Å². The SMILES string of the molecule is ClCCl.N[C@@H]1CCC[C@H]1O.O=C(Cl)c1ccccc1.O=C(N[C@@H]1CCC[C@H]1O)c1ccccc1.O=C(N[C@@H]1CCC[C@H]1O)c1ccccc1.O=C(N[C@@H]1CCC[C@H]1OCc1cc(OCc2ccccc2)c(C(=O)c2ccc([N+](=O)[O-])cc2C(=O)OCc2ccccc2)c(OCc2ccccc2)c1)c1ccccc1.O=C(O)c1cc([N+](=O)[O-])ccc1C(=O)c1cc(OCc2ccccc2)c(CO)c(OCc2ccccc2)c1.[H-].[Na+]. The number of carbonyl (C=O) groups is 8. The topological polar surface area (TPSA) is 441 Å². The van der Waals surface area contributed by atoms with Gasteiger partial charge in [-0.05, 0) is 195 Å². The van der Waals surface area contributed by atoms with Crippen LogP contribution in [0.1, 0.15) is 211 Å². The molecule has 4 aliphatic rings. The molecule has 4 fully saturated rings. The van der Waals surface area contributed by atoms with Gasteiger partial charge in [-0.1, -0.05) is 237 Å². The van der Waals surface area contributed by atoms with E-state index in [2.05, 4.69) is 16.0 Å². The number of carboxylic acid groups (broad SMARTS) is 1. The number of nitrogens with one attached hydrogen (secondary N) is 3. The summed E-state index contributed by atoms with van der Waals surface area (Å²) in [6.45, 7) is 0.00978. The van der Waals surface area contributed by atoms with Crippen LogP contribution in [0.25, 0.3) is 0 Å². The van der Waals surface area contributed by atoms with Crippen molar-refractivity contribution in [3.05, 3.63) is 448 Å². The molecule has 147 heavy (non-hydrogen) atoms. The molecular weight excluding hydrogens is 1950 g/mol. The van der Waals surface area contributed by atoms with Crippen molar-refractivity contribution < 1.29 is 133 Å². The summed E-state index contributed by atoms with van der Waals surface area (Å²) in [5, 5.41) is 79.4. The standard InChI is InChI=1S/C48H42N2O9.C29H23NO8.2C12H15NO2.C7H5ClO.C5H11NO.CH2Cl2.Na.H/c51-46(39-25-24-38(50(54)55)28-40(39)48(53)59-31-35-18-9-3-10-19-35)45-43(57-29-33-14-5-1-6-15-33)26-36(27-44(45)58-30-34-16-7-2-8-17-34)32-56-42-23-13-22-41(42)49-47(52)37-20-11-4-12-21-37;31-16-25-26(37-17-19-7-3-1-4-8-19)13-21(14-27(25)38-18-20-9-5-2-6-10-20)28(32)23-12-11-22(30(35)36)15-24(23)29(33)34;2*14-11-8-4-7-10(11)13-12(15)9-5-2-1-3-6-9;8-7(9)6-4-2-1-3-5-6;6-4-2-1-3-5(4)7;2-1-3;;/h1-12,14-21,24-28,41-42H,13,22-23,29-32H2,(H,49,52);1-15,31H,16-18H2,(H,33,34);2*1-3,5-6,10-11,14H,4,7-8H2,(H,13,15);1-5H;4-5,7H,1-3,6H2;1H2;;/q;;;;;;;+1;-1/t41-,42-;;2*10-,11-;;4-,5-;;;/m1.11.1.../s1. The summed E-state index contributed by atoms with van der Waals surface area (Å²) in [4.78, 5) is 122. The van der Waals surface area contributed by atoms with Gasteiger partial charge in [0.25, 0.3) is 34.3 Å². The fourth-order valence-corrected chi connectivity index (χ4v) is 16.3. The van der Waals surface area contributed by atoms with Crippen molar-refractivity contribution in [1.82, 2.24) is 16.0 Å². The number of esters is 1. The number of aliphatic hydroxyl groups is 4. The first-order chi connectivity index (χ1) is 70.8. The van der Waals surface area contributed by atoms with Gasteiger partial charge in [0, 0.05) is 69.3 Å². The Hall–Kier alpha value is -14.2. The van der Waals surface area contributed by atoms with E-state index in [1.165, 1.54) is 24.3 Å². The monoisotopic (exact) mass is 2060 g/mol. The molecule has 4 aliphatic carbocycles. The minimum atomic E-state index is -1.48. The summed E-state index contributed by atoms with van der Waals surface area (Å²) < 4.78 is 36.8. The minimum Gasteiger partial charge on any atom is -1.00 e. The van der Waals surface area contributed by atoms with E-state index in [-0.39, 0.29) is 199 Å². The smallest absolute Gasteiger partial charge is 1.00 e. The maximum Gasteiger partial charge on any atom is 1.00 e. The summed E-state index contributed by atoms with van der Waals surface area (Å²) in [6.07, 6.45) is 9.46. The summed E-state index contributed by atoms with van der Waals surface area (Å²) in [5.41, 5.74) is 10.9. The van der Waals surface area contributed by atoms with Crippen molar-refractivity contribution in [1.29, 1.82) is 0 Å². The number of nitro benzene ring substituents is 2. The van der Waals surface area contributed by atoms with E-state index < -0.39 is 56.5 Å². The van der Waals surface area contributed by atoms with E-state index in [0.29, 0.717) is 38.9 Å². The number of nitrogens with two attached hydrogens (primary N) is 1. The second kappa shape index (κ2) is 60.7. The molecule has 0 radical (unpaired) electrons. The molecular formula is C114H114Cl3N6NaO23. The number of alkyl halides is 2. The van der Waals surface area contributed by atoms with Crippen LogP contribution in [-0.4, -0.2) is 136 Å². The van der Waals surface area contributed by atoms with Crippen molar-refractivity contribution in [2.24, 2.45) is 5.73 Å². The van der Waals surface area contributed by atoms with Crippen molar-refractivity contribution >= 4 is 92.6 Å². The number of rotatable bonds is 33. The summed E-state index contributed by atoms with van der Waals surface area (Å²) in [5.74, 6) is -3.43. The number of carbonyl (C=O) groups excluding carboxylic acids is 7. The number of benzene rings is 13. The fourth-order valence-electron chi connectivity index (χ4n) is 16.2. The zero-order chi connectivity index (χ0) is 104. The Morgan fingerprint density at radius 2 is 0.694 bits per heavy atom. The zero-order valence-electron chi connectivity index (χ0n) is 81.7. The molecule has 8 atom stereocenters. The first-order valence-electron chi connectivity index (χ1n) is 47.3. The van der Waals surface area contributed by atoms with E-state index in [4.69, 9.17) is 74.1 Å². The second-order valence-corrected chi connectivity index (χ2v) is 35.3. The van der Waals surface area contributed by atoms with E-state index in [1.807, 2.05) is 188 Å². The number of halogens is 3. The molecule has 13 aromatic carbocycles. The van der Waals surface area contributed by atoms with Crippen LogP contribution < -0.4 is 70.2 Å². The average molecular weight is 2070 g/mol. The number of hydrogen-bond acceptors (Lipinski definition) is 23. The van der Waals surface area contributed by atoms with E-state index in [0.717, 1.165) is 124 Å². The van der Waals surface area contributed by atoms with Crippen molar-refractivity contribution in [2.75, 3.05) is 5.34 Å². The molecule has 13 aromatic rings. The zero-order valence-corrected chi connectivity index (χ0v) is 85.0. The van der Waals surface area contributed by atoms with E-state index >= 15 is 0 Å². The maximum absolute atomic E-state index is 14.9. The van der Waals surface area contributed by atoms with Crippen LogP contribution in [0, 0.1) is 20.2 Å². The number of amides is 3. The molecule has 0 unspecified atom stereocenters. The third-order valence-electron chi connectivity index (χ3n) is 23.9. The average Bonchev–Trinajstić information content (AvgIpc) is 1.20. The van der Waals surface area contributed by atoms with Gasteiger partial charge in [0.1, 0.15) is 61.6 Å². The Kier molecular flexibility index (Phi) is 47.4. The molecule has 29 nitrogen and oxygen atoms in total. The van der Waals surface area contributed by atoms with Crippen LogP contribution in [0.5, 0.6) is 23.0 Å². The first kappa shape index (κ1) is 115. The molecule has 10 N–H and O–H groups in total. The quantitative estimate of drug-likeness (QED) is 0.00351. The number of non-ortho nitro benzene ring substituents is 2. The molecule has 3 amide bonds. The maximum atomic E-state index is 14.9. The Morgan fingerprint density at radius 1 is 0.367 bits per heavy atom. The Bertz CT molecular complexity index is 6230. The van der Waals surface area contributed by atoms with Crippen LogP contribution in [0.15, 0.2) is 334 Å². The molecule has 17 rings (SSSR count). The van der Waals surface area contributed by atoms with Gasteiger partial charge in [0.2, 0.25) is 5.78 Å². The number of carboxylic acids is 1. The summed E-state index contributed by atoms with van der Waals surface area (Å²) in [7, 11) is 0. The van der Waals surface area contributed by atoms with Crippen molar-refractivity contribution in [3.63, 3.8) is 0 Å². The van der Waals surface area contributed by atoms with E-state index in [9.17, 15) is 79.0 Å².